The third-order valence-corrected chi connectivity index (χ3v) is 5.34. The number of carboxylic acid groups (broad SMARTS) is 1. The zero-order chi connectivity index (χ0) is 22.1. The van der Waals surface area contributed by atoms with Crippen LogP contribution in [0.4, 0.5) is 9.52 Å². The second-order valence-corrected chi connectivity index (χ2v) is 8.38. The van der Waals surface area contributed by atoms with Crippen molar-refractivity contribution in [2.24, 2.45) is 5.16 Å². The van der Waals surface area contributed by atoms with Crippen LogP contribution in [0.3, 0.4) is 0 Å². The second kappa shape index (κ2) is 7.88. The minimum Gasteiger partial charge on any atom is -0.478 e. The topological polar surface area (TPSA) is 202 Å². The summed E-state index contributed by atoms with van der Waals surface area (Å²) < 4.78 is 44.2. The second-order valence-electron chi connectivity index (χ2n) is 6.20. The van der Waals surface area contributed by atoms with Crippen molar-refractivity contribution in [2.75, 3.05) is 12.4 Å². The summed E-state index contributed by atoms with van der Waals surface area (Å²) in [5.74, 6) is -3.80. The Labute approximate surface area is 167 Å². The largest absolute Gasteiger partial charge is 0.478 e. The van der Waals surface area contributed by atoms with Crippen molar-refractivity contribution < 1.29 is 41.7 Å². The average Bonchev–Trinajstić information content (AvgIpc) is 3.01. The van der Waals surface area contributed by atoms with Crippen molar-refractivity contribution in [3.63, 3.8) is 0 Å². The summed E-state index contributed by atoms with van der Waals surface area (Å²) in [7, 11) is -5.01. The van der Waals surface area contributed by atoms with Crippen LogP contribution in [0, 0.1) is 0 Å². The molecule has 0 saturated carbocycles. The molecule has 2 rings (SSSR count). The number of carbonyl (C=O) groups is 3. The van der Waals surface area contributed by atoms with Crippen LogP contribution >= 0.6 is 11.3 Å². The van der Waals surface area contributed by atoms with Crippen LogP contribution in [0.1, 0.15) is 19.5 Å². The maximum absolute atomic E-state index is 13.1. The number of carbonyl (C=O) groups excluding carboxylic acids is 2. The quantitative estimate of drug-likeness (QED) is 0.160. The molecule has 0 aromatic carbocycles. The number of hydrogen-bond acceptors (Lipinski definition) is 10. The highest BCUT2D eigenvalue weighted by molar-refractivity contribution is 7.84. The van der Waals surface area contributed by atoms with Crippen molar-refractivity contribution in [3.8, 4) is 0 Å². The van der Waals surface area contributed by atoms with E-state index in [4.69, 9.17) is 20.2 Å². The van der Waals surface area contributed by atoms with Crippen LogP contribution in [0.5, 0.6) is 0 Å². The third-order valence-electron chi connectivity index (χ3n) is 3.72. The molecule has 0 radical (unpaired) electrons. The third kappa shape index (κ3) is 4.60. The fourth-order valence-electron chi connectivity index (χ4n) is 2.12. The van der Waals surface area contributed by atoms with Gasteiger partial charge in [0.1, 0.15) is 24.5 Å². The number of oxime groups is 1. The number of alkyl halides is 1. The molecule has 2 amide bonds. The van der Waals surface area contributed by atoms with Gasteiger partial charge in [-0.1, -0.05) is 5.16 Å². The van der Waals surface area contributed by atoms with E-state index >= 15 is 0 Å². The highest BCUT2D eigenvalue weighted by Crippen LogP contribution is 2.24. The Morgan fingerprint density at radius 1 is 1.52 bits per heavy atom. The summed E-state index contributed by atoms with van der Waals surface area (Å²) in [6.45, 7) is 0.930. The molecule has 160 valence electrons. The van der Waals surface area contributed by atoms with E-state index in [2.05, 4.69) is 15.5 Å². The van der Waals surface area contributed by atoms with Crippen molar-refractivity contribution in [2.45, 2.75) is 31.5 Å². The number of nitrogens with zero attached hydrogens (tertiary/aromatic N) is 3. The maximum Gasteiger partial charge on any atom is 0.362 e. The molecule has 2 heterocycles. The van der Waals surface area contributed by atoms with Gasteiger partial charge in [0.25, 0.3) is 11.8 Å². The Hall–Kier alpha value is -2.85. The van der Waals surface area contributed by atoms with Gasteiger partial charge in [0.05, 0.1) is 0 Å². The first kappa shape index (κ1) is 22.4. The number of nitrogens with two attached hydrogens (primary N) is 1. The predicted octanol–water partition coefficient (Wildman–Crippen LogP) is -1.22. The summed E-state index contributed by atoms with van der Waals surface area (Å²) in [6, 6.07) is -3.29. The summed E-state index contributed by atoms with van der Waals surface area (Å²) >= 11 is 0.924. The van der Waals surface area contributed by atoms with E-state index in [0.717, 1.165) is 25.2 Å². The number of anilines is 1. The van der Waals surface area contributed by atoms with E-state index < -0.39 is 58.2 Å². The standard InChI is InChI=1S/C13H16FN5O8S2/c1-13(2,11(22)23)27-18-7(5-4-28-12(15)16-5)9(20)17-8-6(3-14)19(10(8)21)29(24,25)26/h4,6,8H,3H2,1-2H3,(H2,15,16)(H,17,20)(H,22,23)(H,24,25,26)/b18-7+/t6-,8+/m1/s1. The average molecular weight is 453 g/mol. The number of rotatable bonds is 8. The van der Waals surface area contributed by atoms with Gasteiger partial charge < -0.3 is 21.0 Å². The van der Waals surface area contributed by atoms with E-state index in [1.54, 1.807) is 0 Å². The maximum atomic E-state index is 13.1. The molecule has 13 nitrogen and oxygen atoms in total. The highest BCUT2D eigenvalue weighted by Gasteiger charge is 2.54. The van der Waals surface area contributed by atoms with Gasteiger partial charge in [-0.25, -0.2) is 18.5 Å². The molecule has 1 aliphatic heterocycles. The number of thiazole rings is 1. The van der Waals surface area contributed by atoms with Gasteiger partial charge in [-0.05, 0) is 13.8 Å². The van der Waals surface area contributed by atoms with Gasteiger partial charge in [-0.3, -0.25) is 14.1 Å². The summed E-state index contributed by atoms with van der Waals surface area (Å²) in [6.07, 6.45) is 0. The molecule has 1 aromatic rings. The minimum absolute atomic E-state index is 0.0388. The van der Waals surface area contributed by atoms with Crippen LogP contribution in [-0.2, 0) is 29.5 Å². The Kier molecular flexibility index (Phi) is 6.10. The van der Waals surface area contributed by atoms with Gasteiger partial charge in [0.15, 0.2) is 10.8 Å². The van der Waals surface area contributed by atoms with Gasteiger partial charge in [-0.2, -0.15) is 8.42 Å². The van der Waals surface area contributed by atoms with Gasteiger partial charge >= 0.3 is 16.3 Å². The Balaban J connectivity index is 2.29. The Morgan fingerprint density at radius 2 is 2.14 bits per heavy atom. The molecule has 2 atom stereocenters. The van der Waals surface area contributed by atoms with E-state index in [0.29, 0.717) is 0 Å². The number of aliphatic carboxylic acids is 1. The van der Waals surface area contributed by atoms with Gasteiger partial charge in [-0.15, -0.1) is 11.3 Å². The zero-order valence-corrected chi connectivity index (χ0v) is 16.5. The number of nitrogen functional groups attached to an aromatic ring is 1. The first-order chi connectivity index (χ1) is 13.3. The van der Waals surface area contributed by atoms with Gasteiger partial charge in [0.2, 0.25) is 5.60 Å². The molecular weight excluding hydrogens is 437 g/mol. The van der Waals surface area contributed by atoms with Crippen molar-refractivity contribution in [3.05, 3.63) is 11.1 Å². The first-order valence-electron chi connectivity index (χ1n) is 7.68. The van der Waals surface area contributed by atoms with E-state index in [1.165, 1.54) is 5.38 Å². The van der Waals surface area contributed by atoms with Gasteiger partial charge in [0, 0.05) is 5.38 Å². The lowest BCUT2D eigenvalue weighted by atomic mass is 10.00. The molecule has 1 aliphatic rings. The molecule has 1 saturated heterocycles. The SMILES string of the molecule is CC(C)(O/N=C(/C(=O)N[C@@H]1C(=O)N(S(=O)(=O)O)[C@@H]1CF)c1csc(N)n1)C(=O)O. The first-order valence-corrected chi connectivity index (χ1v) is 9.95. The monoisotopic (exact) mass is 453 g/mol. The summed E-state index contributed by atoms with van der Waals surface area (Å²) in [5, 5.41) is 15.9. The van der Waals surface area contributed by atoms with Crippen LogP contribution in [0.15, 0.2) is 10.5 Å². The highest BCUT2D eigenvalue weighted by atomic mass is 32.2. The van der Waals surface area contributed by atoms with E-state index in [9.17, 15) is 27.2 Å². The fraction of sp³-hybridized carbons (Fsp3) is 0.462. The van der Waals surface area contributed by atoms with Crippen LogP contribution in [0.2, 0.25) is 0 Å². The van der Waals surface area contributed by atoms with E-state index in [1.807, 2.05) is 0 Å². The Bertz CT molecular complexity index is 976. The normalized spacial score (nSPS) is 20.2. The molecule has 5 N–H and O–H groups in total. The van der Waals surface area contributed by atoms with Crippen LogP contribution < -0.4 is 11.1 Å². The minimum atomic E-state index is -5.01. The smallest absolute Gasteiger partial charge is 0.362 e. The number of halogens is 1. The van der Waals surface area contributed by atoms with E-state index in [-0.39, 0.29) is 15.1 Å². The lowest BCUT2D eigenvalue weighted by Gasteiger charge is -2.42. The number of β-lactam (4-membered cyclic amide) rings is 1. The summed E-state index contributed by atoms with van der Waals surface area (Å²) in [5.41, 5.74) is 2.96. The van der Waals surface area contributed by atoms with Crippen LogP contribution in [0.25, 0.3) is 0 Å². The molecule has 0 aliphatic carbocycles. The molecule has 0 spiro atoms. The lowest BCUT2D eigenvalue weighted by Crippen LogP contribution is -2.73. The van der Waals surface area contributed by atoms with Crippen molar-refractivity contribution >= 4 is 50.3 Å². The van der Waals surface area contributed by atoms with Crippen LogP contribution in [-0.4, -0.2) is 75.2 Å². The summed E-state index contributed by atoms with van der Waals surface area (Å²) in [4.78, 5) is 44.3. The molecule has 16 heteroatoms. The molecule has 0 unspecified atom stereocenters. The number of carboxylic acids is 1. The number of aromatic nitrogens is 1. The molecular formula is C13H16FN5O8S2. The van der Waals surface area contributed by atoms with Crippen molar-refractivity contribution in [1.29, 1.82) is 0 Å². The Morgan fingerprint density at radius 3 is 2.59 bits per heavy atom. The predicted molar refractivity (Wildman–Crippen MR) is 96.0 cm³/mol. The lowest BCUT2D eigenvalue weighted by molar-refractivity contribution is -0.161. The fourth-order valence-corrected chi connectivity index (χ4v) is 3.53. The van der Waals surface area contributed by atoms with Crippen molar-refractivity contribution in [1.82, 2.24) is 14.6 Å². The zero-order valence-electron chi connectivity index (χ0n) is 14.9. The number of hydrogen-bond donors (Lipinski definition) is 4. The molecule has 1 aromatic heterocycles. The molecule has 0 bridgehead atoms. The molecule has 1 fully saturated rings. The number of amides is 2. The number of nitrogens with one attached hydrogen (secondary N) is 1. The molecule has 29 heavy (non-hydrogen) atoms.